The minimum Gasteiger partial charge on any atom is -0.468 e. The molecule has 0 aliphatic carbocycles. The van der Waals surface area contributed by atoms with Crippen LogP contribution in [0.4, 0.5) is 5.69 Å². The number of carbonyl (C=O) groups excluding carboxylic acids is 2. The average molecular weight is 205 g/mol. The Labute approximate surface area is 87.4 Å². The van der Waals surface area contributed by atoms with Crippen LogP contribution in [0.3, 0.4) is 0 Å². The lowest BCUT2D eigenvalue weighted by molar-refractivity contribution is -0.142. The van der Waals surface area contributed by atoms with E-state index in [0.717, 1.165) is 17.7 Å². The highest BCUT2D eigenvalue weighted by atomic mass is 16.5. The molecule has 1 aromatic carbocycles. The number of esters is 1. The molecule has 4 nitrogen and oxygen atoms in total. The molecule has 1 heterocycles. The third kappa shape index (κ3) is 1.48. The van der Waals surface area contributed by atoms with Gasteiger partial charge >= 0.3 is 5.97 Å². The Kier molecular flexibility index (Phi) is 2.41. The number of anilines is 1. The van der Waals surface area contributed by atoms with E-state index < -0.39 is 0 Å². The van der Waals surface area contributed by atoms with Crippen LogP contribution in [-0.2, 0) is 14.3 Å². The van der Waals surface area contributed by atoms with E-state index in [1.165, 1.54) is 12.0 Å². The second-order valence-corrected chi connectivity index (χ2v) is 3.39. The first-order valence-electron chi connectivity index (χ1n) is 4.66. The van der Waals surface area contributed by atoms with E-state index in [2.05, 4.69) is 0 Å². The van der Waals surface area contributed by atoms with Crippen LogP contribution < -0.4 is 4.90 Å². The number of fused-ring (bicyclic) bond motifs is 1. The van der Waals surface area contributed by atoms with Crippen molar-refractivity contribution < 1.29 is 14.3 Å². The number of nitrogens with zero attached hydrogens (tertiary/aromatic N) is 1. The Morgan fingerprint density at radius 2 is 2.27 bits per heavy atom. The van der Waals surface area contributed by atoms with Gasteiger partial charge in [-0.2, -0.15) is 0 Å². The van der Waals surface area contributed by atoms with Gasteiger partial charge in [-0.05, 0) is 11.6 Å². The summed E-state index contributed by atoms with van der Waals surface area (Å²) in [4.78, 5) is 23.8. The third-order valence-corrected chi connectivity index (χ3v) is 2.61. The molecule has 1 aliphatic heterocycles. The van der Waals surface area contributed by atoms with Gasteiger partial charge in [0, 0.05) is 12.2 Å². The summed E-state index contributed by atoms with van der Waals surface area (Å²) in [6.07, 6.45) is 0.738. The topological polar surface area (TPSA) is 46.6 Å². The number of carbonyl (C=O) groups is 2. The monoisotopic (exact) mass is 205 g/mol. The summed E-state index contributed by atoms with van der Waals surface area (Å²) in [5.74, 6) is -0.650. The van der Waals surface area contributed by atoms with E-state index in [1.807, 2.05) is 24.3 Å². The molecule has 0 fully saturated rings. The fraction of sp³-hybridized carbons (Fsp3) is 0.273. The fourth-order valence-corrected chi connectivity index (χ4v) is 1.88. The molecular formula is C11H11NO3. The van der Waals surface area contributed by atoms with E-state index >= 15 is 0 Å². The highest BCUT2D eigenvalue weighted by Crippen LogP contribution is 2.35. The minimum atomic E-state index is -0.351. The van der Waals surface area contributed by atoms with Crippen LogP contribution in [0.25, 0.3) is 0 Å². The van der Waals surface area contributed by atoms with E-state index in [9.17, 15) is 9.59 Å². The van der Waals surface area contributed by atoms with E-state index in [4.69, 9.17) is 4.74 Å². The molecule has 0 radical (unpaired) electrons. The number of amides is 1. The molecule has 2 rings (SSSR count). The van der Waals surface area contributed by atoms with Gasteiger partial charge in [0.1, 0.15) is 5.92 Å². The van der Waals surface area contributed by atoms with Crippen molar-refractivity contribution in [1.29, 1.82) is 0 Å². The van der Waals surface area contributed by atoms with Gasteiger partial charge in [-0.25, -0.2) is 0 Å². The minimum absolute atomic E-state index is 0.299. The van der Waals surface area contributed by atoms with Crippen LogP contribution in [0.1, 0.15) is 11.5 Å². The van der Waals surface area contributed by atoms with Gasteiger partial charge in [0.15, 0.2) is 0 Å². The zero-order valence-electron chi connectivity index (χ0n) is 8.34. The lowest BCUT2D eigenvalue weighted by Gasteiger charge is -2.09. The number of hydrogen-bond donors (Lipinski definition) is 0. The molecule has 0 N–H and O–H groups in total. The largest absolute Gasteiger partial charge is 0.468 e. The third-order valence-electron chi connectivity index (χ3n) is 2.61. The average Bonchev–Trinajstić information content (AvgIpc) is 2.67. The molecule has 4 heteroatoms. The SMILES string of the molecule is COC(=O)[C@H]1CN(C=O)c2ccccc21. The number of benzene rings is 1. The highest BCUT2D eigenvalue weighted by Gasteiger charge is 2.33. The van der Waals surface area contributed by atoms with Crippen LogP contribution in [-0.4, -0.2) is 26.0 Å². The lowest BCUT2D eigenvalue weighted by Crippen LogP contribution is -2.23. The summed E-state index contributed by atoms with van der Waals surface area (Å²) < 4.78 is 4.70. The predicted octanol–water partition coefficient (Wildman–Crippen LogP) is 0.920. The zero-order chi connectivity index (χ0) is 10.8. The summed E-state index contributed by atoms with van der Waals surface area (Å²) in [6.45, 7) is 0.371. The van der Waals surface area contributed by atoms with Gasteiger partial charge in [0.2, 0.25) is 6.41 Å². The molecule has 0 saturated carbocycles. The number of rotatable bonds is 2. The molecule has 0 bridgehead atoms. The van der Waals surface area contributed by atoms with Gasteiger partial charge in [-0.3, -0.25) is 9.59 Å². The normalized spacial score (nSPS) is 18.5. The van der Waals surface area contributed by atoms with Gasteiger partial charge in [-0.15, -0.1) is 0 Å². The molecule has 0 unspecified atom stereocenters. The molecule has 0 spiro atoms. The molecule has 1 amide bonds. The Bertz CT molecular complexity index is 403. The molecular weight excluding hydrogens is 194 g/mol. The quantitative estimate of drug-likeness (QED) is 0.532. The van der Waals surface area contributed by atoms with E-state index in [-0.39, 0.29) is 11.9 Å². The second-order valence-electron chi connectivity index (χ2n) is 3.39. The van der Waals surface area contributed by atoms with Crippen molar-refractivity contribution >= 4 is 18.1 Å². The first-order valence-corrected chi connectivity index (χ1v) is 4.66. The van der Waals surface area contributed by atoms with Gasteiger partial charge < -0.3 is 9.64 Å². The van der Waals surface area contributed by atoms with Crippen molar-refractivity contribution in [3.05, 3.63) is 29.8 Å². The number of para-hydroxylation sites is 1. The summed E-state index contributed by atoms with van der Waals surface area (Å²) in [5.41, 5.74) is 1.65. The summed E-state index contributed by atoms with van der Waals surface area (Å²) in [6, 6.07) is 7.37. The lowest BCUT2D eigenvalue weighted by atomic mass is 10.0. The highest BCUT2D eigenvalue weighted by molar-refractivity contribution is 5.90. The van der Waals surface area contributed by atoms with E-state index in [0.29, 0.717) is 6.54 Å². The van der Waals surface area contributed by atoms with Crippen molar-refractivity contribution in [3.8, 4) is 0 Å². The van der Waals surface area contributed by atoms with E-state index in [1.54, 1.807) is 0 Å². The first-order chi connectivity index (χ1) is 7.27. The maximum Gasteiger partial charge on any atom is 0.315 e. The number of hydrogen-bond acceptors (Lipinski definition) is 3. The van der Waals surface area contributed by atoms with Crippen LogP contribution in [0.15, 0.2) is 24.3 Å². The van der Waals surface area contributed by atoms with Crippen molar-refractivity contribution in [1.82, 2.24) is 0 Å². The van der Waals surface area contributed by atoms with Crippen molar-refractivity contribution in [2.75, 3.05) is 18.6 Å². The molecule has 0 saturated heterocycles. The predicted molar refractivity (Wildman–Crippen MR) is 54.6 cm³/mol. The summed E-state index contributed by atoms with van der Waals surface area (Å²) in [5, 5.41) is 0. The molecule has 1 atom stereocenters. The molecule has 1 aromatic rings. The molecule has 15 heavy (non-hydrogen) atoms. The van der Waals surface area contributed by atoms with Crippen LogP contribution in [0.2, 0.25) is 0 Å². The van der Waals surface area contributed by atoms with Crippen LogP contribution >= 0.6 is 0 Å². The standard InChI is InChI=1S/C11H11NO3/c1-15-11(14)9-6-12(7-13)10-5-3-2-4-8(9)10/h2-5,7,9H,6H2,1H3/t9-/m0/s1. The Balaban J connectivity index is 2.41. The molecule has 1 aliphatic rings. The Morgan fingerprint density at radius 3 is 2.93 bits per heavy atom. The maximum atomic E-state index is 11.5. The second kappa shape index (κ2) is 3.73. The number of methoxy groups -OCH3 is 1. The fourth-order valence-electron chi connectivity index (χ4n) is 1.88. The Morgan fingerprint density at radius 1 is 1.53 bits per heavy atom. The van der Waals surface area contributed by atoms with Gasteiger partial charge in [-0.1, -0.05) is 18.2 Å². The summed E-state index contributed by atoms with van der Waals surface area (Å²) >= 11 is 0. The Hall–Kier alpha value is -1.84. The zero-order valence-corrected chi connectivity index (χ0v) is 8.34. The van der Waals surface area contributed by atoms with Gasteiger partial charge in [0.05, 0.1) is 7.11 Å². The van der Waals surface area contributed by atoms with Crippen molar-refractivity contribution in [2.24, 2.45) is 0 Å². The summed E-state index contributed by atoms with van der Waals surface area (Å²) in [7, 11) is 1.36. The van der Waals surface area contributed by atoms with Crippen LogP contribution in [0.5, 0.6) is 0 Å². The smallest absolute Gasteiger partial charge is 0.315 e. The maximum absolute atomic E-state index is 11.5. The molecule has 0 aromatic heterocycles. The first kappa shape index (κ1) is 9.71. The number of ether oxygens (including phenoxy) is 1. The molecule has 78 valence electrons. The van der Waals surface area contributed by atoms with Crippen molar-refractivity contribution in [3.63, 3.8) is 0 Å². The van der Waals surface area contributed by atoms with Crippen molar-refractivity contribution in [2.45, 2.75) is 5.92 Å². The van der Waals surface area contributed by atoms with Crippen LogP contribution in [0, 0.1) is 0 Å². The van der Waals surface area contributed by atoms with Gasteiger partial charge in [0.25, 0.3) is 0 Å².